The molecule has 2 rings (SSSR count). The van der Waals surface area contributed by atoms with Crippen molar-refractivity contribution in [2.45, 2.75) is 25.9 Å². The van der Waals surface area contributed by atoms with Crippen LogP contribution in [-0.4, -0.2) is 44.1 Å². The summed E-state index contributed by atoms with van der Waals surface area (Å²) in [6.45, 7) is 4.37. The third-order valence-corrected chi connectivity index (χ3v) is 2.94. The molecule has 0 spiro atoms. The first kappa shape index (κ1) is 14.7. The lowest BCUT2D eigenvalue weighted by molar-refractivity contribution is 0.00465. The lowest BCUT2D eigenvalue weighted by atomic mass is 10.1. The SMILES string of the molecule is COC(C)(C)CCOc1nc(Cl)nc(-n2cccn2)n1. The van der Waals surface area contributed by atoms with Gasteiger partial charge >= 0.3 is 6.01 Å². The van der Waals surface area contributed by atoms with Gasteiger partial charge in [0.2, 0.25) is 5.28 Å². The summed E-state index contributed by atoms with van der Waals surface area (Å²) in [5.74, 6) is 0.316. The molecule has 0 fully saturated rings. The minimum atomic E-state index is -0.262. The fraction of sp³-hybridized carbons (Fsp3) is 0.500. The van der Waals surface area contributed by atoms with Gasteiger partial charge in [-0.1, -0.05) is 0 Å². The monoisotopic (exact) mass is 297 g/mol. The molecule has 2 heterocycles. The second-order valence-electron chi connectivity index (χ2n) is 4.70. The molecular weight excluding hydrogens is 282 g/mol. The third-order valence-electron chi connectivity index (χ3n) is 2.77. The van der Waals surface area contributed by atoms with Crippen molar-refractivity contribution in [3.8, 4) is 12.0 Å². The fourth-order valence-electron chi connectivity index (χ4n) is 1.37. The maximum atomic E-state index is 5.86. The molecule has 7 nitrogen and oxygen atoms in total. The van der Waals surface area contributed by atoms with Gasteiger partial charge in [-0.2, -0.15) is 20.1 Å². The van der Waals surface area contributed by atoms with E-state index in [1.807, 2.05) is 13.8 Å². The summed E-state index contributed by atoms with van der Waals surface area (Å²) in [6, 6.07) is 1.93. The Morgan fingerprint density at radius 2 is 2.10 bits per heavy atom. The van der Waals surface area contributed by atoms with Crippen molar-refractivity contribution in [3.63, 3.8) is 0 Å². The second kappa shape index (κ2) is 6.15. The average Bonchev–Trinajstić information content (AvgIpc) is 2.92. The van der Waals surface area contributed by atoms with Gasteiger partial charge < -0.3 is 9.47 Å². The first-order valence-electron chi connectivity index (χ1n) is 6.10. The highest BCUT2D eigenvalue weighted by Gasteiger charge is 2.17. The Morgan fingerprint density at radius 3 is 2.75 bits per heavy atom. The van der Waals surface area contributed by atoms with Gasteiger partial charge in [0, 0.05) is 25.9 Å². The molecule has 108 valence electrons. The second-order valence-corrected chi connectivity index (χ2v) is 5.04. The molecule has 0 saturated heterocycles. The molecule has 0 atom stereocenters. The van der Waals surface area contributed by atoms with E-state index in [-0.39, 0.29) is 16.9 Å². The van der Waals surface area contributed by atoms with Gasteiger partial charge in [0.05, 0.1) is 12.2 Å². The van der Waals surface area contributed by atoms with Crippen molar-refractivity contribution in [2.75, 3.05) is 13.7 Å². The Labute approximate surface area is 121 Å². The van der Waals surface area contributed by atoms with Crippen molar-refractivity contribution in [3.05, 3.63) is 23.7 Å². The molecule has 0 radical (unpaired) electrons. The highest BCUT2D eigenvalue weighted by molar-refractivity contribution is 6.28. The predicted molar refractivity (Wildman–Crippen MR) is 73.2 cm³/mol. The Hall–Kier alpha value is -1.73. The Morgan fingerprint density at radius 1 is 1.30 bits per heavy atom. The largest absolute Gasteiger partial charge is 0.463 e. The van der Waals surface area contributed by atoms with Crippen molar-refractivity contribution < 1.29 is 9.47 Å². The number of hydrogen-bond acceptors (Lipinski definition) is 6. The molecule has 0 N–H and O–H groups in total. The van der Waals surface area contributed by atoms with Gasteiger partial charge in [-0.25, -0.2) is 4.68 Å². The van der Waals surface area contributed by atoms with Crippen LogP contribution in [-0.2, 0) is 4.74 Å². The zero-order chi connectivity index (χ0) is 14.6. The summed E-state index contributed by atoms with van der Waals surface area (Å²) in [5.41, 5.74) is -0.262. The van der Waals surface area contributed by atoms with Crippen LogP contribution in [0.5, 0.6) is 6.01 Å². The number of hydrogen-bond donors (Lipinski definition) is 0. The summed E-state index contributed by atoms with van der Waals surface area (Å²) in [6.07, 6.45) is 4.03. The normalized spacial score (nSPS) is 11.6. The number of halogens is 1. The van der Waals surface area contributed by atoms with Gasteiger partial charge in [0.25, 0.3) is 5.95 Å². The molecule has 0 aliphatic rings. The summed E-state index contributed by atoms with van der Waals surface area (Å²) >= 11 is 5.86. The zero-order valence-corrected chi connectivity index (χ0v) is 12.3. The summed E-state index contributed by atoms with van der Waals surface area (Å²) < 4.78 is 12.3. The van der Waals surface area contributed by atoms with Crippen LogP contribution in [0.25, 0.3) is 5.95 Å². The van der Waals surface area contributed by atoms with E-state index in [2.05, 4.69) is 20.1 Å². The summed E-state index contributed by atoms with van der Waals surface area (Å²) in [5, 5.41) is 4.09. The quantitative estimate of drug-likeness (QED) is 0.810. The summed E-state index contributed by atoms with van der Waals surface area (Å²) in [7, 11) is 1.66. The molecular formula is C12H16ClN5O2. The molecule has 8 heteroatoms. The van der Waals surface area contributed by atoms with Crippen LogP contribution in [0.1, 0.15) is 20.3 Å². The molecule has 0 aliphatic carbocycles. The number of nitrogens with zero attached hydrogens (tertiary/aromatic N) is 5. The Balaban J connectivity index is 2.05. The smallest absolute Gasteiger partial charge is 0.322 e. The third kappa shape index (κ3) is 3.88. The van der Waals surface area contributed by atoms with Gasteiger partial charge in [0.15, 0.2) is 0 Å². The van der Waals surface area contributed by atoms with Gasteiger partial charge in [-0.3, -0.25) is 0 Å². The molecule has 2 aromatic heterocycles. The fourth-order valence-corrected chi connectivity index (χ4v) is 1.51. The number of ether oxygens (including phenoxy) is 2. The van der Waals surface area contributed by atoms with Gasteiger partial charge in [-0.15, -0.1) is 0 Å². The van der Waals surface area contributed by atoms with Crippen LogP contribution in [0.2, 0.25) is 5.28 Å². The average molecular weight is 298 g/mol. The van der Waals surface area contributed by atoms with E-state index in [9.17, 15) is 0 Å². The molecule has 0 aliphatic heterocycles. The van der Waals surface area contributed by atoms with Crippen LogP contribution >= 0.6 is 11.6 Å². The topological polar surface area (TPSA) is 75.0 Å². The van der Waals surface area contributed by atoms with E-state index < -0.39 is 0 Å². The van der Waals surface area contributed by atoms with E-state index in [0.717, 1.165) is 0 Å². The molecule has 0 amide bonds. The van der Waals surface area contributed by atoms with E-state index in [0.29, 0.717) is 19.0 Å². The van der Waals surface area contributed by atoms with Crippen molar-refractivity contribution in [1.82, 2.24) is 24.7 Å². The number of rotatable bonds is 6. The van der Waals surface area contributed by atoms with Gasteiger partial charge in [0.1, 0.15) is 0 Å². The van der Waals surface area contributed by atoms with Crippen molar-refractivity contribution in [2.24, 2.45) is 0 Å². The lowest BCUT2D eigenvalue weighted by Crippen LogP contribution is -2.25. The maximum absolute atomic E-state index is 5.86. The van der Waals surface area contributed by atoms with Crippen molar-refractivity contribution >= 4 is 11.6 Å². The van der Waals surface area contributed by atoms with Crippen LogP contribution in [0.15, 0.2) is 18.5 Å². The summed E-state index contributed by atoms with van der Waals surface area (Å²) in [4.78, 5) is 12.1. The molecule has 0 unspecified atom stereocenters. The highest BCUT2D eigenvalue weighted by atomic mass is 35.5. The zero-order valence-electron chi connectivity index (χ0n) is 11.6. The van der Waals surface area contributed by atoms with E-state index in [1.165, 1.54) is 4.68 Å². The molecule has 0 aromatic carbocycles. The van der Waals surface area contributed by atoms with Gasteiger partial charge in [-0.05, 0) is 31.5 Å². The molecule has 2 aromatic rings. The van der Waals surface area contributed by atoms with Crippen molar-refractivity contribution in [1.29, 1.82) is 0 Å². The minimum Gasteiger partial charge on any atom is -0.463 e. The molecule has 20 heavy (non-hydrogen) atoms. The van der Waals surface area contributed by atoms with Crippen LogP contribution in [0.4, 0.5) is 0 Å². The number of methoxy groups -OCH3 is 1. The van der Waals surface area contributed by atoms with E-state index in [1.54, 1.807) is 25.6 Å². The molecule has 0 bridgehead atoms. The minimum absolute atomic E-state index is 0.0616. The lowest BCUT2D eigenvalue weighted by Gasteiger charge is -2.22. The van der Waals surface area contributed by atoms with E-state index >= 15 is 0 Å². The Bertz CT molecular complexity index is 559. The molecule has 0 saturated carbocycles. The first-order valence-corrected chi connectivity index (χ1v) is 6.47. The van der Waals surface area contributed by atoms with E-state index in [4.69, 9.17) is 21.1 Å². The maximum Gasteiger partial charge on any atom is 0.322 e. The standard InChI is InChI=1S/C12H16ClN5O2/c1-12(2,19-3)5-8-20-11-16-9(13)15-10(17-11)18-7-4-6-14-18/h4,6-7H,5,8H2,1-3H3. The van der Waals surface area contributed by atoms with Crippen LogP contribution in [0, 0.1) is 0 Å². The highest BCUT2D eigenvalue weighted by Crippen LogP contribution is 2.15. The predicted octanol–water partition coefficient (Wildman–Crippen LogP) is 1.90. The van der Waals surface area contributed by atoms with Crippen LogP contribution in [0.3, 0.4) is 0 Å². The Kier molecular flexibility index (Phi) is 4.51. The number of aromatic nitrogens is 5. The first-order chi connectivity index (χ1) is 9.50. The van der Waals surface area contributed by atoms with Crippen LogP contribution < -0.4 is 4.74 Å².